The van der Waals surface area contributed by atoms with E-state index in [9.17, 15) is 13.2 Å². The fourth-order valence-electron chi connectivity index (χ4n) is 1.87. The van der Waals surface area contributed by atoms with E-state index in [1.165, 1.54) is 12.1 Å². The molecule has 2 rings (SSSR count). The van der Waals surface area contributed by atoms with Crippen LogP contribution in [0.4, 0.5) is 5.69 Å². The van der Waals surface area contributed by atoms with Gasteiger partial charge in [0.2, 0.25) is 10.0 Å². The Morgan fingerprint density at radius 3 is 2.74 bits per heavy atom. The number of aromatic carboxylic acids is 1. The van der Waals surface area contributed by atoms with Gasteiger partial charge in [0.1, 0.15) is 0 Å². The van der Waals surface area contributed by atoms with E-state index in [1.54, 1.807) is 11.8 Å². The molecule has 6 nitrogen and oxygen atoms in total. The molecule has 4 N–H and O–H groups in total. The van der Waals surface area contributed by atoms with Crippen molar-refractivity contribution in [3.63, 3.8) is 0 Å². The zero-order valence-electron chi connectivity index (χ0n) is 10.00. The second-order valence-electron chi connectivity index (χ2n) is 4.26. The second-order valence-corrected chi connectivity index (χ2v) is 6.97. The van der Waals surface area contributed by atoms with Crippen LogP contribution in [0.1, 0.15) is 16.8 Å². The number of anilines is 1. The van der Waals surface area contributed by atoms with Crippen molar-refractivity contribution in [1.29, 1.82) is 0 Å². The highest BCUT2D eigenvalue weighted by molar-refractivity contribution is 7.99. The van der Waals surface area contributed by atoms with E-state index in [-0.39, 0.29) is 16.5 Å². The number of nitrogens with one attached hydrogen (secondary N) is 1. The largest absolute Gasteiger partial charge is 0.478 e. The molecule has 0 radical (unpaired) electrons. The monoisotopic (exact) mass is 302 g/mol. The summed E-state index contributed by atoms with van der Waals surface area (Å²) in [4.78, 5) is 11.0. The molecule has 0 saturated carbocycles. The molecule has 1 aromatic rings. The number of carboxylic acids is 1. The van der Waals surface area contributed by atoms with Crippen LogP contribution in [0.3, 0.4) is 0 Å². The van der Waals surface area contributed by atoms with E-state index >= 15 is 0 Å². The van der Waals surface area contributed by atoms with Crippen molar-refractivity contribution in [2.75, 3.05) is 16.8 Å². The maximum atomic E-state index is 11.2. The molecule has 1 aliphatic heterocycles. The first-order valence-corrected chi connectivity index (χ1v) is 8.32. The van der Waals surface area contributed by atoms with Crippen LogP contribution in [0.5, 0.6) is 0 Å². The summed E-state index contributed by atoms with van der Waals surface area (Å²) in [5.41, 5.74) is 0.343. The van der Waals surface area contributed by atoms with E-state index < -0.39 is 16.0 Å². The van der Waals surface area contributed by atoms with Gasteiger partial charge in [0.05, 0.1) is 10.5 Å². The van der Waals surface area contributed by atoms with Gasteiger partial charge in [-0.3, -0.25) is 0 Å². The topological polar surface area (TPSA) is 109 Å². The lowest BCUT2D eigenvalue weighted by atomic mass is 10.1. The van der Waals surface area contributed by atoms with Crippen molar-refractivity contribution < 1.29 is 18.3 Å². The summed E-state index contributed by atoms with van der Waals surface area (Å²) in [6.45, 7) is 0. The average molecular weight is 302 g/mol. The highest BCUT2D eigenvalue weighted by Crippen LogP contribution is 2.25. The zero-order chi connectivity index (χ0) is 14.0. The van der Waals surface area contributed by atoms with Gasteiger partial charge in [-0.15, -0.1) is 0 Å². The molecule has 0 aliphatic carbocycles. The molecule has 1 heterocycles. The minimum absolute atomic E-state index is 0.0802. The Labute approximate surface area is 115 Å². The first-order chi connectivity index (χ1) is 8.88. The van der Waals surface area contributed by atoms with E-state index in [0.717, 1.165) is 24.0 Å². The Bertz CT molecular complexity index is 595. The predicted molar refractivity (Wildman–Crippen MR) is 74.1 cm³/mol. The number of hydrogen-bond acceptors (Lipinski definition) is 5. The maximum absolute atomic E-state index is 11.2. The van der Waals surface area contributed by atoms with Crippen LogP contribution in [0, 0.1) is 0 Å². The Morgan fingerprint density at radius 1 is 1.47 bits per heavy atom. The van der Waals surface area contributed by atoms with Gasteiger partial charge in [-0.05, 0) is 30.4 Å². The lowest BCUT2D eigenvalue weighted by Crippen LogP contribution is -2.21. The summed E-state index contributed by atoms with van der Waals surface area (Å²) < 4.78 is 22.4. The fourth-order valence-corrected chi connectivity index (χ4v) is 3.56. The smallest absolute Gasteiger partial charge is 0.337 e. The zero-order valence-corrected chi connectivity index (χ0v) is 11.6. The summed E-state index contributed by atoms with van der Waals surface area (Å²) >= 11 is 1.80. The van der Waals surface area contributed by atoms with E-state index in [1.807, 2.05) is 0 Å². The van der Waals surface area contributed by atoms with Crippen molar-refractivity contribution in [3.8, 4) is 0 Å². The van der Waals surface area contributed by atoms with E-state index in [0.29, 0.717) is 5.69 Å². The third-order valence-corrected chi connectivity index (χ3v) is 4.91. The number of sulfonamides is 1. The van der Waals surface area contributed by atoms with Crippen LogP contribution in [-0.4, -0.2) is 37.0 Å². The molecule has 0 bridgehead atoms. The van der Waals surface area contributed by atoms with Gasteiger partial charge in [-0.1, -0.05) is 0 Å². The molecule has 8 heteroatoms. The summed E-state index contributed by atoms with van der Waals surface area (Å²) in [5.74, 6) is 0.768. The molecule has 1 fully saturated rings. The summed E-state index contributed by atoms with van der Waals surface area (Å²) in [6.07, 6.45) is 0.959. The number of benzene rings is 1. The van der Waals surface area contributed by atoms with Gasteiger partial charge in [0.25, 0.3) is 0 Å². The fraction of sp³-hybridized carbons (Fsp3) is 0.364. The third kappa shape index (κ3) is 3.40. The van der Waals surface area contributed by atoms with Crippen LogP contribution in [0.15, 0.2) is 23.1 Å². The van der Waals surface area contributed by atoms with Crippen LogP contribution in [-0.2, 0) is 10.0 Å². The van der Waals surface area contributed by atoms with Gasteiger partial charge in [0, 0.05) is 17.5 Å². The molecule has 1 atom stereocenters. The Morgan fingerprint density at radius 2 is 2.21 bits per heavy atom. The SMILES string of the molecule is NS(=O)(=O)c1ccc(NC2CCSC2)c(C(=O)O)c1. The first-order valence-electron chi connectivity index (χ1n) is 5.62. The summed E-state index contributed by atoms with van der Waals surface area (Å²) in [6, 6.07) is 4.06. The van der Waals surface area contributed by atoms with Crippen LogP contribution in [0.25, 0.3) is 0 Å². The van der Waals surface area contributed by atoms with Crippen molar-refractivity contribution in [2.24, 2.45) is 5.14 Å². The third-order valence-electron chi connectivity index (χ3n) is 2.84. The standard InChI is InChI=1S/C11H14N2O4S2/c12-19(16,17)8-1-2-10(9(5-8)11(14)15)13-7-3-4-18-6-7/h1-2,5,7,13H,3-4,6H2,(H,14,15)(H2,12,16,17). The van der Waals surface area contributed by atoms with E-state index in [4.69, 9.17) is 10.2 Å². The van der Waals surface area contributed by atoms with Crippen molar-refractivity contribution in [2.45, 2.75) is 17.4 Å². The molecular weight excluding hydrogens is 288 g/mol. The Hall–Kier alpha value is -1.25. The Kier molecular flexibility index (Phi) is 4.02. The molecule has 1 aromatic carbocycles. The molecule has 0 spiro atoms. The second kappa shape index (κ2) is 5.40. The predicted octanol–water partition coefficient (Wildman–Crippen LogP) is 0.950. The molecule has 1 saturated heterocycles. The number of carbonyl (C=O) groups is 1. The van der Waals surface area contributed by atoms with Crippen LogP contribution in [0.2, 0.25) is 0 Å². The molecule has 104 valence electrons. The van der Waals surface area contributed by atoms with E-state index in [2.05, 4.69) is 5.32 Å². The molecule has 1 unspecified atom stereocenters. The number of rotatable bonds is 4. The van der Waals surface area contributed by atoms with Crippen molar-refractivity contribution in [1.82, 2.24) is 0 Å². The first kappa shape index (κ1) is 14.2. The Balaban J connectivity index is 2.35. The lowest BCUT2D eigenvalue weighted by molar-refractivity contribution is 0.0697. The van der Waals surface area contributed by atoms with Gasteiger partial charge in [0.15, 0.2) is 0 Å². The summed E-state index contributed by atoms with van der Waals surface area (Å²) in [7, 11) is -3.90. The number of primary sulfonamides is 1. The highest BCUT2D eigenvalue weighted by atomic mass is 32.2. The van der Waals surface area contributed by atoms with Crippen LogP contribution < -0.4 is 10.5 Å². The average Bonchev–Trinajstić information content (AvgIpc) is 2.80. The molecule has 0 aromatic heterocycles. The van der Waals surface area contributed by atoms with Gasteiger partial charge < -0.3 is 10.4 Å². The highest BCUT2D eigenvalue weighted by Gasteiger charge is 2.20. The molecular formula is C11H14N2O4S2. The number of hydrogen-bond donors (Lipinski definition) is 3. The number of thioether (sulfide) groups is 1. The molecule has 1 aliphatic rings. The number of carboxylic acid groups (broad SMARTS) is 1. The minimum atomic E-state index is -3.90. The maximum Gasteiger partial charge on any atom is 0.337 e. The lowest BCUT2D eigenvalue weighted by Gasteiger charge is -2.15. The van der Waals surface area contributed by atoms with Gasteiger partial charge >= 0.3 is 5.97 Å². The number of nitrogens with two attached hydrogens (primary N) is 1. The normalized spacial score (nSPS) is 19.3. The van der Waals surface area contributed by atoms with Crippen molar-refractivity contribution >= 4 is 33.4 Å². The van der Waals surface area contributed by atoms with Crippen molar-refractivity contribution in [3.05, 3.63) is 23.8 Å². The molecule has 19 heavy (non-hydrogen) atoms. The van der Waals surface area contributed by atoms with Gasteiger partial charge in [-0.25, -0.2) is 18.4 Å². The van der Waals surface area contributed by atoms with Gasteiger partial charge in [-0.2, -0.15) is 11.8 Å². The minimum Gasteiger partial charge on any atom is -0.478 e. The quantitative estimate of drug-likeness (QED) is 0.764. The summed E-state index contributed by atoms with van der Waals surface area (Å²) in [5, 5.41) is 17.3. The van der Waals surface area contributed by atoms with Crippen LogP contribution >= 0.6 is 11.8 Å². The molecule has 0 amide bonds.